The third-order valence-corrected chi connectivity index (χ3v) is 6.05. The number of nitrogens with one attached hydrogen (secondary N) is 3. The quantitative estimate of drug-likeness (QED) is 0.701. The molecule has 0 bridgehead atoms. The summed E-state index contributed by atoms with van der Waals surface area (Å²) in [6.45, 7) is 2.57. The minimum absolute atomic E-state index is 0.0167. The van der Waals surface area contributed by atoms with Gasteiger partial charge in [0.15, 0.2) is 0 Å². The third kappa shape index (κ3) is 5.15. The fraction of sp³-hybridized carbons (Fsp3) is 0.833. The zero-order valence-electron chi connectivity index (χ0n) is 16.0. The van der Waals surface area contributed by atoms with Crippen LogP contribution in [0.2, 0.25) is 0 Å². The van der Waals surface area contributed by atoms with E-state index in [-0.39, 0.29) is 30.0 Å². The summed E-state index contributed by atoms with van der Waals surface area (Å²) in [5.41, 5.74) is -0.241. The Morgan fingerprint density at radius 1 is 1.32 bits per heavy atom. The van der Waals surface area contributed by atoms with Crippen molar-refractivity contribution < 1.29 is 18.0 Å². The number of H-pyrrole nitrogens is 1. The predicted molar refractivity (Wildman–Crippen MR) is 96.5 cm³/mol. The molecule has 7 nitrogen and oxygen atoms in total. The summed E-state index contributed by atoms with van der Waals surface area (Å²) >= 11 is 0. The van der Waals surface area contributed by atoms with Gasteiger partial charge in [-0.15, -0.1) is 0 Å². The second kappa shape index (κ2) is 8.67. The smallest absolute Gasteiger partial charge is 0.352 e. The Labute approximate surface area is 161 Å². The van der Waals surface area contributed by atoms with Gasteiger partial charge in [0, 0.05) is 12.6 Å². The normalized spacial score (nSPS) is 30.0. The summed E-state index contributed by atoms with van der Waals surface area (Å²) in [5, 5.41) is 9.41. The van der Waals surface area contributed by atoms with Gasteiger partial charge in [-0.05, 0) is 50.4 Å². The monoisotopic (exact) mass is 403 g/mol. The summed E-state index contributed by atoms with van der Waals surface area (Å²) in [6, 6.07) is -2.44. The second-order valence-corrected chi connectivity index (χ2v) is 8.13. The Kier molecular flexibility index (Phi) is 6.47. The van der Waals surface area contributed by atoms with E-state index in [4.69, 9.17) is 0 Å². The summed E-state index contributed by atoms with van der Waals surface area (Å²) < 4.78 is 40.2. The Bertz CT molecular complexity index is 717. The molecule has 1 aliphatic heterocycles. The number of aromatic nitrogens is 3. The SMILES string of the molecule is CC(Cn1nc[nH]c1=O)C1CCCC(NC(=O)C2CCCC(C(F)(F)F)N2)C1. The van der Waals surface area contributed by atoms with E-state index >= 15 is 0 Å². The molecule has 1 aromatic heterocycles. The van der Waals surface area contributed by atoms with Gasteiger partial charge in [0.05, 0.1) is 6.04 Å². The lowest BCUT2D eigenvalue weighted by Crippen LogP contribution is -2.57. The molecule has 3 rings (SSSR count). The van der Waals surface area contributed by atoms with Crippen LogP contribution in [0.4, 0.5) is 13.2 Å². The Balaban J connectivity index is 1.52. The molecule has 158 valence electrons. The van der Waals surface area contributed by atoms with Crippen LogP contribution >= 0.6 is 0 Å². The van der Waals surface area contributed by atoms with Crippen molar-refractivity contribution in [1.29, 1.82) is 0 Å². The van der Waals surface area contributed by atoms with Crippen LogP contribution < -0.4 is 16.3 Å². The fourth-order valence-corrected chi connectivity index (χ4v) is 4.41. The molecule has 5 atom stereocenters. The van der Waals surface area contributed by atoms with Crippen molar-refractivity contribution in [3.63, 3.8) is 0 Å². The summed E-state index contributed by atoms with van der Waals surface area (Å²) in [4.78, 5) is 26.7. The molecule has 1 saturated carbocycles. The number of carbonyl (C=O) groups is 1. The molecule has 1 aromatic rings. The van der Waals surface area contributed by atoms with Crippen LogP contribution in [-0.4, -0.2) is 45.0 Å². The molecule has 2 aliphatic rings. The molecule has 1 saturated heterocycles. The third-order valence-electron chi connectivity index (χ3n) is 6.05. The van der Waals surface area contributed by atoms with E-state index in [1.807, 2.05) is 0 Å². The first-order valence-corrected chi connectivity index (χ1v) is 9.97. The molecule has 2 heterocycles. The van der Waals surface area contributed by atoms with Gasteiger partial charge in [0.2, 0.25) is 5.91 Å². The molecular weight excluding hydrogens is 375 g/mol. The Hall–Kier alpha value is -1.84. The van der Waals surface area contributed by atoms with Crippen LogP contribution in [-0.2, 0) is 11.3 Å². The summed E-state index contributed by atoms with van der Waals surface area (Å²) in [6.07, 6.45) is 1.41. The maximum atomic E-state index is 12.9. The minimum atomic E-state index is -4.32. The minimum Gasteiger partial charge on any atom is -0.352 e. The molecule has 1 amide bonds. The van der Waals surface area contributed by atoms with Gasteiger partial charge >= 0.3 is 11.9 Å². The first-order valence-electron chi connectivity index (χ1n) is 9.97. The van der Waals surface area contributed by atoms with E-state index in [9.17, 15) is 22.8 Å². The molecule has 0 aromatic carbocycles. The Morgan fingerprint density at radius 3 is 2.75 bits per heavy atom. The molecule has 1 aliphatic carbocycles. The van der Waals surface area contributed by atoms with E-state index < -0.39 is 18.3 Å². The van der Waals surface area contributed by atoms with Crippen LogP contribution in [0.5, 0.6) is 0 Å². The van der Waals surface area contributed by atoms with Crippen molar-refractivity contribution in [2.75, 3.05) is 0 Å². The lowest BCUT2D eigenvalue weighted by atomic mass is 9.78. The van der Waals surface area contributed by atoms with Crippen LogP contribution in [0.15, 0.2) is 11.1 Å². The zero-order chi connectivity index (χ0) is 20.3. The molecule has 10 heteroatoms. The number of hydrogen-bond acceptors (Lipinski definition) is 4. The van der Waals surface area contributed by atoms with Gasteiger partial charge in [-0.2, -0.15) is 18.3 Å². The van der Waals surface area contributed by atoms with E-state index in [2.05, 4.69) is 27.6 Å². The molecule has 3 N–H and O–H groups in total. The largest absolute Gasteiger partial charge is 0.403 e. The average molecular weight is 403 g/mol. The Morgan fingerprint density at radius 2 is 2.07 bits per heavy atom. The first kappa shape index (κ1) is 20.9. The number of aromatic amines is 1. The van der Waals surface area contributed by atoms with Crippen molar-refractivity contribution in [1.82, 2.24) is 25.4 Å². The number of halogens is 3. The number of nitrogens with zero attached hydrogens (tertiary/aromatic N) is 2. The van der Waals surface area contributed by atoms with Gasteiger partial charge in [-0.1, -0.05) is 13.3 Å². The van der Waals surface area contributed by atoms with Crippen LogP contribution in [0.1, 0.15) is 51.9 Å². The highest BCUT2D eigenvalue weighted by molar-refractivity contribution is 5.82. The lowest BCUT2D eigenvalue weighted by molar-refractivity contribution is -0.164. The summed E-state index contributed by atoms with van der Waals surface area (Å²) in [7, 11) is 0. The average Bonchev–Trinajstić information content (AvgIpc) is 3.06. The molecular formula is C18H28F3N5O2. The second-order valence-electron chi connectivity index (χ2n) is 8.13. The molecule has 28 heavy (non-hydrogen) atoms. The number of alkyl halides is 3. The standard InChI is InChI=1S/C18H28F3N5O2/c1-11(9-26-17(28)22-10-23-26)12-4-2-5-13(8-12)24-16(27)14-6-3-7-15(25-14)18(19,20)21/h10-15,25H,2-9H2,1H3,(H,24,27)(H,22,23,28). The van der Waals surface area contributed by atoms with Crippen LogP contribution in [0.3, 0.4) is 0 Å². The lowest BCUT2D eigenvalue weighted by Gasteiger charge is -2.36. The van der Waals surface area contributed by atoms with Gasteiger partial charge in [-0.25, -0.2) is 9.48 Å². The highest BCUT2D eigenvalue weighted by Crippen LogP contribution is 2.31. The topological polar surface area (TPSA) is 91.8 Å². The maximum Gasteiger partial charge on any atom is 0.403 e. The maximum absolute atomic E-state index is 12.9. The molecule has 0 radical (unpaired) electrons. The van der Waals surface area contributed by atoms with Crippen LogP contribution in [0, 0.1) is 11.8 Å². The van der Waals surface area contributed by atoms with E-state index in [1.54, 1.807) is 0 Å². The summed E-state index contributed by atoms with van der Waals surface area (Å²) in [5.74, 6) is 0.198. The molecule has 0 spiro atoms. The first-order chi connectivity index (χ1) is 13.2. The van der Waals surface area contributed by atoms with Crippen LogP contribution in [0.25, 0.3) is 0 Å². The van der Waals surface area contributed by atoms with E-state index in [0.717, 1.165) is 25.7 Å². The van der Waals surface area contributed by atoms with Crippen molar-refractivity contribution in [2.24, 2.45) is 11.8 Å². The van der Waals surface area contributed by atoms with Crippen molar-refractivity contribution >= 4 is 5.91 Å². The van der Waals surface area contributed by atoms with E-state index in [1.165, 1.54) is 11.0 Å². The number of hydrogen-bond donors (Lipinski definition) is 3. The molecule has 2 fully saturated rings. The van der Waals surface area contributed by atoms with Gasteiger partial charge < -0.3 is 5.32 Å². The number of carbonyl (C=O) groups excluding carboxylic acids is 1. The number of rotatable bonds is 5. The van der Waals surface area contributed by atoms with Gasteiger partial charge in [-0.3, -0.25) is 15.1 Å². The van der Waals surface area contributed by atoms with Crippen molar-refractivity contribution in [3.05, 3.63) is 16.8 Å². The fourth-order valence-electron chi connectivity index (χ4n) is 4.41. The van der Waals surface area contributed by atoms with Gasteiger partial charge in [0.1, 0.15) is 12.4 Å². The zero-order valence-corrected chi connectivity index (χ0v) is 16.0. The molecule has 5 unspecified atom stereocenters. The number of piperidine rings is 1. The predicted octanol–water partition coefficient (Wildman–Crippen LogP) is 1.96. The highest BCUT2D eigenvalue weighted by atomic mass is 19.4. The van der Waals surface area contributed by atoms with Gasteiger partial charge in [0.25, 0.3) is 0 Å². The highest BCUT2D eigenvalue weighted by Gasteiger charge is 2.43. The van der Waals surface area contributed by atoms with Crippen molar-refractivity contribution in [2.45, 2.75) is 82.7 Å². The number of amides is 1. The van der Waals surface area contributed by atoms with Crippen molar-refractivity contribution in [3.8, 4) is 0 Å². The van der Waals surface area contributed by atoms with E-state index in [0.29, 0.717) is 25.3 Å².